The van der Waals surface area contributed by atoms with E-state index < -0.39 is 0 Å². The second-order valence-electron chi connectivity index (χ2n) is 5.27. The number of hydrogen-bond acceptors (Lipinski definition) is 2. The number of benzene rings is 1. The van der Waals surface area contributed by atoms with Crippen LogP contribution in [0.3, 0.4) is 0 Å². The van der Waals surface area contributed by atoms with Gasteiger partial charge in [0, 0.05) is 24.7 Å². The van der Waals surface area contributed by atoms with Crippen molar-refractivity contribution >= 4 is 24.8 Å². The van der Waals surface area contributed by atoms with E-state index in [1.807, 2.05) is 0 Å². The number of halogens is 2. The summed E-state index contributed by atoms with van der Waals surface area (Å²) in [5, 5.41) is 0. The molecular weight excluding hydrogens is 267 g/mol. The minimum atomic E-state index is 0. The summed E-state index contributed by atoms with van der Waals surface area (Å²) < 4.78 is 0. The van der Waals surface area contributed by atoms with Crippen LogP contribution in [0.15, 0.2) is 30.3 Å². The molecule has 2 N–H and O–H groups in total. The molecule has 2 bridgehead atoms. The summed E-state index contributed by atoms with van der Waals surface area (Å²) in [6.07, 6.45) is 5.10. The van der Waals surface area contributed by atoms with Crippen molar-refractivity contribution in [3.63, 3.8) is 0 Å². The molecule has 1 aromatic carbocycles. The first kappa shape index (κ1) is 15.8. The molecule has 2 nitrogen and oxygen atoms in total. The molecule has 18 heavy (non-hydrogen) atoms. The van der Waals surface area contributed by atoms with E-state index in [2.05, 4.69) is 35.2 Å². The normalized spacial score (nSPS) is 30.4. The van der Waals surface area contributed by atoms with Gasteiger partial charge in [-0.15, -0.1) is 24.8 Å². The van der Waals surface area contributed by atoms with Crippen LogP contribution in [0.4, 0.5) is 0 Å². The van der Waals surface area contributed by atoms with Crippen molar-refractivity contribution in [2.24, 2.45) is 5.73 Å². The van der Waals surface area contributed by atoms with Gasteiger partial charge in [0.1, 0.15) is 0 Å². The Bertz CT molecular complexity index is 344. The van der Waals surface area contributed by atoms with Crippen molar-refractivity contribution in [3.05, 3.63) is 35.9 Å². The van der Waals surface area contributed by atoms with Gasteiger partial charge in [-0.1, -0.05) is 30.3 Å². The predicted octanol–water partition coefficient (Wildman–Crippen LogP) is 2.98. The third kappa shape index (κ3) is 3.18. The van der Waals surface area contributed by atoms with Gasteiger partial charge in [-0.2, -0.15) is 0 Å². The number of rotatable bonds is 2. The van der Waals surface area contributed by atoms with Crippen molar-refractivity contribution in [3.8, 4) is 0 Å². The molecule has 2 fully saturated rings. The van der Waals surface area contributed by atoms with E-state index in [4.69, 9.17) is 5.73 Å². The first-order chi connectivity index (χ1) is 7.83. The van der Waals surface area contributed by atoms with Crippen molar-refractivity contribution in [2.45, 2.75) is 50.4 Å². The Balaban J connectivity index is 0.000000810. The molecule has 4 heteroatoms. The predicted molar refractivity (Wildman–Crippen MR) is 80.5 cm³/mol. The molecule has 1 aromatic rings. The summed E-state index contributed by atoms with van der Waals surface area (Å²) in [6.45, 7) is 1.11. The van der Waals surface area contributed by atoms with Crippen LogP contribution < -0.4 is 5.73 Å². The molecule has 102 valence electrons. The summed E-state index contributed by atoms with van der Waals surface area (Å²) in [5.41, 5.74) is 7.52. The molecule has 0 aromatic heterocycles. The lowest BCUT2D eigenvalue weighted by atomic mass is 9.97. The number of piperidine rings is 1. The molecule has 0 radical (unpaired) electrons. The van der Waals surface area contributed by atoms with Gasteiger partial charge in [-0.05, 0) is 31.2 Å². The highest BCUT2D eigenvalue weighted by molar-refractivity contribution is 5.85. The largest absolute Gasteiger partial charge is 0.328 e. The Labute approximate surface area is 122 Å². The van der Waals surface area contributed by atoms with Gasteiger partial charge in [0.2, 0.25) is 0 Å². The van der Waals surface area contributed by atoms with Crippen LogP contribution in [0.5, 0.6) is 0 Å². The van der Waals surface area contributed by atoms with Gasteiger partial charge in [-0.25, -0.2) is 0 Å². The van der Waals surface area contributed by atoms with E-state index >= 15 is 0 Å². The molecule has 2 atom stereocenters. The first-order valence-corrected chi connectivity index (χ1v) is 6.38. The minimum Gasteiger partial charge on any atom is -0.328 e. The molecule has 2 aliphatic rings. The van der Waals surface area contributed by atoms with Crippen LogP contribution in [0.2, 0.25) is 0 Å². The zero-order valence-corrected chi connectivity index (χ0v) is 12.1. The molecule has 0 spiro atoms. The van der Waals surface area contributed by atoms with E-state index in [0.29, 0.717) is 6.04 Å². The lowest BCUT2D eigenvalue weighted by Gasteiger charge is -2.37. The highest BCUT2D eigenvalue weighted by Gasteiger charge is 2.39. The van der Waals surface area contributed by atoms with Gasteiger partial charge in [0.25, 0.3) is 0 Å². The lowest BCUT2D eigenvalue weighted by molar-refractivity contribution is 0.120. The fourth-order valence-electron chi connectivity index (χ4n) is 3.37. The van der Waals surface area contributed by atoms with Crippen molar-refractivity contribution in [2.75, 3.05) is 0 Å². The molecule has 2 aliphatic heterocycles. The van der Waals surface area contributed by atoms with Gasteiger partial charge < -0.3 is 5.73 Å². The quantitative estimate of drug-likeness (QED) is 0.907. The van der Waals surface area contributed by atoms with Crippen molar-refractivity contribution in [1.82, 2.24) is 4.90 Å². The summed E-state index contributed by atoms with van der Waals surface area (Å²) >= 11 is 0. The van der Waals surface area contributed by atoms with Crippen LogP contribution >= 0.6 is 24.8 Å². The Morgan fingerprint density at radius 1 is 1.00 bits per heavy atom. The Morgan fingerprint density at radius 3 is 2.11 bits per heavy atom. The maximum atomic E-state index is 6.08. The zero-order valence-electron chi connectivity index (χ0n) is 10.5. The van der Waals surface area contributed by atoms with E-state index in [0.717, 1.165) is 18.6 Å². The van der Waals surface area contributed by atoms with Crippen LogP contribution in [-0.4, -0.2) is 23.0 Å². The molecule has 3 rings (SSSR count). The minimum absolute atomic E-state index is 0. The maximum Gasteiger partial charge on any atom is 0.0239 e. The number of hydrogen-bond donors (Lipinski definition) is 1. The summed E-state index contributed by atoms with van der Waals surface area (Å²) in [7, 11) is 0. The topological polar surface area (TPSA) is 29.3 Å². The van der Waals surface area contributed by atoms with Crippen molar-refractivity contribution in [1.29, 1.82) is 0 Å². The van der Waals surface area contributed by atoms with Crippen LogP contribution in [0, 0.1) is 0 Å². The summed E-state index contributed by atoms with van der Waals surface area (Å²) in [4.78, 5) is 2.68. The zero-order chi connectivity index (χ0) is 11.0. The molecule has 0 amide bonds. The Hall–Kier alpha value is -0.280. The monoisotopic (exact) mass is 288 g/mol. The number of nitrogens with zero attached hydrogens (tertiary/aromatic N) is 1. The lowest BCUT2D eigenvalue weighted by Crippen LogP contribution is -2.46. The second-order valence-corrected chi connectivity index (χ2v) is 5.27. The fraction of sp³-hybridized carbons (Fsp3) is 0.571. The molecule has 2 heterocycles. The van der Waals surface area contributed by atoms with E-state index in [-0.39, 0.29) is 24.8 Å². The molecule has 2 saturated heterocycles. The average molecular weight is 289 g/mol. The fourth-order valence-corrected chi connectivity index (χ4v) is 3.37. The van der Waals surface area contributed by atoms with Crippen LogP contribution in [-0.2, 0) is 6.54 Å². The summed E-state index contributed by atoms with van der Waals surface area (Å²) in [6, 6.07) is 12.7. The molecule has 0 saturated carbocycles. The SMILES string of the molecule is Cl.Cl.NC1CC2CCC(C1)N2Cc1ccccc1. The first-order valence-electron chi connectivity index (χ1n) is 6.38. The average Bonchev–Trinajstić information content (AvgIpc) is 2.54. The van der Waals surface area contributed by atoms with E-state index in [1.54, 1.807) is 0 Å². The van der Waals surface area contributed by atoms with Gasteiger partial charge in [-0.3, -0.25) is 4.90 Å². The Morgan fingerprint density at radius 2 is 1.56 bits per heavy atom. The maximum absolute atomic E-state index is 6.08. The molecular formula is C14H22Cl2N2. The summed E-state index contributed by atoms with van der Waals surface area (Å²) in [5.74, 6) is 0. The van der Waals surface area contributed by atoms with E-state index in [9.17, 15) is 0 Å². The third-order valence-electron chi connectivity index (χ3n) is 4.13. The van der Waals surface area contributed by atoms with Gasteiger partial charge in [0.15, 0.2) is 0 Å². The number of fused-ring (bicyclic) bond motifs is 2. The Kier molecular flexibility index (Phi) is 5.93. The van der Waals surface area contributed by atoms with Crippen LogP contribution in [0.25, 0.3) is 0 Å². The standard InChI is InChI=1S/C14H20N2.2ClH/c15-12-8-13-6-7-14(9-12)16(13)10-11-4-2-1-3-5-11;;/h1-5,12-14H,6-10,15H2;2*1H. The van der Waals surface area contributed by atoms with Gasteiger partial charge in [0.05, 0.1) is 0 Å². The van der Waals surface area contributed by atoms with Crippen molar-refractivity contribution < 1.29 is 0 Å². The second kappa shape index (κ2) is 6.76. The molecule has 0 aliphatic carbocycles. The highest BCUT2D eigenvalue weighted by Crippen LogP contribution is 2.35. The third-order valence-corrected chi connectivity index (χ3v) is 4.13. The van der Waals surface area contributed by atoms with Gasteiger partial charge >= 0.3 is 0 Å². The van der Waals surface area contributed by atoms with Crippen LogP contribution in [0.1, 0.15) is 31.2 Å². The molecule has 2 unspecified atom stereocenters. The van der Waals surface area contributed by atoms with E-state index in [1.165, 1.54) is 31.2 Å². The number of nitrogens with two attached hydrogens (primary N) is 1. The smallest absolute Gasteiger partial charge is 0.0239 e. The highest BCUT2D eigenvalue weighted by atomic mass is 35.5.